The van der Waals surface area contributed by atoms with Crippen LogP contribution in [-0.4, -0.2) is 12.5 Å². The van der Waals surface area contributed by atoms with Gasteiger partial charge in [-0.1, -0.05) is 30.4 Å². The number of hydrogen-bond acceptors (Lipinski definition) is 2. The van der Waals surface area contributed by atoms with E-state index in [1.165, 1.54) is 16.7 Å². The fraction of sp³-hybridized carbons (Fsp3) is 0.357. The van der Waals surface area contributed by atoms with Gasteiger partial charge in [0, 0.05) is 6.92 Å². The number of aliphatic imine (C=N–C) groups is 1. The second-order valence-electron chi connectivity index (χ2n) is 4.05. The average molecular weight is 215 g/mol. The first-order valence-corrected chi connectivity index (χ1v) is 5.61. The summed E-state index contributed by atoms with van der Waals surface area (Å²) in [6.07, 6.45) is 4.21. The monoisotopic (exact) mass is 215 g/mol. The molecule has 1 heterocycles. The Labute approximate surface area is 96.7 Å². The van der Waals surface area contributed by atoms with Crippen molar-refractivity contribution in [3.63, 3.8) is 0 Å². The van der Waals surface area contributed by atoms with Crippen molar-refractivity contribution in [2.45, 2.75) is 26.8 Å². The van der Waals surface area contributed by atoms with Crippen LogP contribution in [-0.2, 0) is 4.74 Å². The van der Waals surface area contributed by atoms with E-state index in [-0.39, 0.29) is 6.04 Å². The lowest BCUT2D eigenvalue weighted by Gasteiger charge is -2.12. The van der Waals surface area contributed by atoms with Crippen molar-refractivity contribution in [2.75, 3.05) is 6.61 Å². The maximum Gasteiger partial charge on any atom is 0.180 e. The molecule has 0 amide bonds. The molecule has 1 unspecified atom stereocenters. The number of rotatable bonds is 2. The van der Waals surface area contributed by atoms with Gasteiger partial charge in [0.1, 0.15) is 12.6 Å². The molecule has 2 nitrogen and oxygen atoms in total. The van der Waals surface area contributed by atoms with Gasteiger partial charge < -0.3 is 4.74 Å². The van der Waals surface area contributed by atoms with E-state index in [1.807, 2.05) is 13.8 Å². The van der Waals surface area contributed by atoms with Crippen LogP contribution in [0.1, 0.15) is 36.6 Å². The van der Waals surface area contributed by atoms with Gasteiger partial charge in [-0.15, -0.1) is 0 Å². The molecule has 84 valence electrons. The standard InChI is InChI=1S/C14H17NO/c1-4-6-12-10(2)7-5-8-13(12)14-9-16-11(3)15-14/h4-8,14H,9H2,1-3H3/b6-4-. The number of allylic oxidation sites excluding steroid dienone is 1. The molecule has 0 saturated heterocycles. The van der Waals surface area contributed by atoms with E-state index in [0.29, 0.717) is 6.61 Å². The molecule has 1 aliphatic heterocycles. The van der Waals surface area contributed by atoms with Crippen LogP contribution in [0.15, 0.2) is 29.3 Å². The van der Waals surface area contributed by atoms with Crippen molar-refractivity contribution in [3.8, 4) is 0 Å². The van der Waals surface area contributed by atoms with Gasteiger partial charge in [0.15, 0.2) is 5.90 Å². The van der Waals surface area contributed by atoms with E-state index < -0.39 is 0 Å². The Balaban J connectivity index is 2.44. The van der Waals surface area contributed by atoms with E-state index in [2.05, 4.69) is 42.3 Å². The van der Waals surface area contributed by atoms with Crippen LogP contribution in [0.2, 0.25) is 0 Å². The second-order valence-corrected chi connectivity index (χ2v) is 4.05. The summed E-state index contributed by atoms with van der Waals surface area (Å²) in [5.74, 6) is 0.790. The van der Waals surface area contributed by atoms with Gasteiger partial charge in [0.2, 0.25) is 0 Å². The molecule has 0 N–H and O–H groups in total. The maximum atomic E-state index is 5.42. The Morgan fingerprint density at radius 2 is 2.19 bits per heavy atom. The minimum atomic E-state index is 0.158. The summed E-state index contributed by atoms with van der Waals surface area (Å²) in [5.41, 5.74) is 3.82. The highest BCUT2D eigenvalue weighted by Crippen LogP contribution is 2.28. The third kappa shape index (κ3) is 2.01. The zero-order chi connectivity index (χ0) is 11.5. The molecule has 2 heteroatoms. The van der Waals surface area contributed by atoms with Crippen LogP contribution >= 0.6 is 0 Å². The van der Waals surface area contributed by atoms with Crippen LogP contribution < -0.4 is 0 Å². The van der Waals surface area contributed by atoms with E-state index in [1.54, 1.807) is 0 Å². The molecule has 1 atom stereocenters. The van der Waals surface area contributed by atoms with Crippen molar-refractivity contribution >= 4 is 12.0 Å². The molecule has 16 heavy (non-hydrogen) atoms. The SMILES string of the molecule is C/C=C\c1c(C)cccc1C1COC(C)=N1. The smallest absolute Gasteiger partial charge is 0.180 e. The molecule has 0 fully saturated rings. The normalized spacial score (nSPS) is 19.9. The summed E-state index contributed by atoms with van der Waals surface area (Å²) in [5, 5.41) is 0. The zero-order valence-electron chi connectivity index (χ0n) is 10.0. The number of hydrogen-bond donors (Lipinski definition) is 0. The Kier molecular flexibility index (Phi) is 3.09. The summed E-state index contributed by atoms with van der Waals surface area (Å²) in [7, 11) is 0. The number of nitrogens with zero attached hydrogens (tertiary/aromatic N) is 1. The van der Waals surface area contributed by atoms with Crippen molar-refractivity contribution in [1.29, 1.82) is 0 Å². The minimum absolute atomic E-state index is 0.158. The molecule has 0 aromatic heterocycles. The predicted octanol–water partition coefficient (Wildman–Crippen LogP) is 3.52. The van der Waals surface area contributed by atoms with Gasteiger partial charge in [-0.05, 0) is 30.5 Å². The largest absolute Gasteiger partial charge is 0.479 e. The molecular weight excluding hydrogens is 198 g/mol. The van der Waals surface area contributed by atoms with E-state index in [9.17, 15) is 0 Å². The summed E-state index contributed by atoms with van der Waals surface area (Å²) in [4.78, 5) is 4.50. The quantitative estimate of drug-likeness (QED) is 0.739. The lowest BCUT2D eigenvalue weighted by molar-refractivity contribution is 0.317. The summed E-state index contributed by atoms with van der Waals surface area (Å²) >= 11 is 0. The van der Waals surface area contributed by atoms with Crippen molar-refractivity contribution < 1.29 is 4.74 Å². The molecule has 0 radical (unpaired) electrons. The topological polar surface area (TPSA) is 21.6 Å². The van der Waals surface area contributed by atoms with Gasteiger partial charge in [0.05, 0.1) is 0 Å². The van der Waals surface area contributed by atoms with Gasteiger partial charge in [-0.2, -0.15) is 0 Å². The third-order valence-electron chi connectivity index (χ3n) is 2.84. The highest BCUT2D eigenvalue weighted by Gasteiger charge is 2.20. The van der Waals surface area contributed by atoms with Crippen molar-refractivity contribution in [2.24, 2.45) is 4.99 Å². The highest BCUT2D eigenvalue weighted by atomic mass is 16.5. The maximum absolute atomic E-state index is 5.42. The Morgan fingerprint density at radius 1 is 1.38 bits per heavy atom. The van der Waals surface area contributed by atoms with Gasteiger partial charge in [-0.3, -0.25) is 0 Å². The van der Waals surface area contributed by atoms with E-state index in [4.69, 9.17) is 4.74 Å². The molecule has 1 aromatic carbocycles. The van der Waals surface area contributed by atoms with Crippen LogP contribution in [0.5, 0.6) is 0 Å². The highest BCUT2D eigenvalue weighted by molar-refractivity contribution is 5.75. The molecule has 0 saturated carbocycles. The lowest BCUT2D eigenvalue weighted by Crippen LogP contribution is -2.01. The average Bonchev–Trinajstić information content (AvgIpc) is 2.68. The molecule has 1 aromatic rings. The summed E-state index contributed by atoms with van der Waals surface area (Å²) < 4.78 is 5.42. The molecule has 2 rings (SSSR count). The number of ether oxygens (including phenoxy) is 1. The predicted molar refractivity (Wildman–Crippen MR) is 67.7 cm³/mol. The first kappa shape index (κ1) is 10.9. The van der Waals surface area contributed by atoms with Crippen molar-refractivity contribution in [3.05, 3.63) is 41.0 Å². The molecule has 1 aliphatic rings. The number of aryl methyl sites for hydroxylation is 1. The lowest BCUT2D eigenvalue weighted by atomic mass is 9.97. The fourth-order valence-corrected chi connectivity index (χ4v) is 2.04. The van der Waals surface area contributed by atoms with Crippen LogP contribution in [0, 0.1) is 6.92 Å². The fourth-order valence-electron chi connectivity index (χ4n) is 2.04. The minimum Gasteiger partial charge on any atom is -0.479 e. The summed E-state index contributed by atoms with van der Waals surface area (Å²) in [6, 6.07) is 6.51. The summed E-state index contributed by atoms with van der Waals surface area (Å²) in [6.45, 7) is 6.74. The Morgan fingerprint density at radius 3 is 2.81 bits per heavy atom. The van der Waals surface area contributed by atoms with E-state index in [0.717, 1.165) is 5.90 Å². The van der Waals surface area contributed by atoms with Crippen molar-refractivity contribution in [1.82, 2.24) is 0 Å². The van der Waals surface area contributed by atoms with Gasteiger partial charge in [0.25, 0.3) is 0 Å². The first-order chi connectivity index (χ1) is 7.72. The van der Waals surface area contributed by atoms with Crippen LogP contribution in [0.3, 0.4) is 0 Å². The second kappa shape index (κ2) is 4.52. The van der Waals surface area contributed by atoms with Gasteiger partial charge in [-0.25, -0.2) is 4.99 Å². The molecule has 0 bridgehead atoms. The van der Waals surface area contributed by atoms with E-state index >= 15 is 0 Å². The number of benzene rings is 1. The Hall–Kier alpha value is -1.57. The molecule has 0 spiro atoms. The third-order valence-corrected chi connectivity index (χ3v) is 2.84. The van der Waals surface area contributed by atoms with Crippen LogP contribution in [0.4, 0.5) is 0 Å². The molecular formula is C14H17NO. The first-order valence-electron chi connectivity index (χ1n) is 5.61. The molecule has 0 aliphatic carbocycles. The zero-order valence-corrected chi connectivity index (χ0v) is 10.0. The van der Waals surface area contributed by atoms with Crippen LogP contribution in [0.25, 0.3) is 6.08 Å². The van der Waals surface area contributed by atoms with Gasteiger partial charge >= 0.3 is 0 Å². The Bertz CT molecular complexity index is 446.